The Hall–Kier alpha value is -2.01. The number of benzene rings is 1. The smallest absolute Gasteiger partial charge is 0.322 e. The fourth-order valence-corrected chi connectivity index (χ4v) is 1.70. The van der Waals surface area contributed by atoms with E-state index in [0.29, 0.717) is 30.5 Å². The zero-order chi connectivity index (χ0) is 15.7. The van der Waals surface area contributed by atoms with Gasteiger partial charge >= 0.3 is 6.03 Å². The maximum atomic E-state index is 12.2. The van der Waals surface area contributed by atoms with Crippen molar-refractivity contribution >= 4 is 11.7 Å². The van der Waals surface area contributed by atoms with Gasteiger partial charge in [0, 0.05) is 13.1 Å². The Morgan fingerprint density at radius 2 is 2.19 bits per heavy atom. The molecule has 0 aromatic heterocycles. The lowest BCUT2D eigenvalue weighted by Crippen LogP contribution is -2.37. The van der Waals surface area contributed by atoms with Gasteiger partial charge in [0.25, 0.3) is 0 Å². The third-order valence-corrected chi connectivity index (χ3v) is 2.71. The quantitative estimate of drug-likeness (QED) is 0.724. The van der Waals surface area contributed by atoms with E-state index in [1.807, 2.05) is 18.2 Å². The van der Waals surface area contributed by atoms with Crippen LogP contribution in [0.2, 0.25) is 0 Å². The van der Waals surface area contributed by atoms with Crippen molar-refractivity contribution in [2.24, 2.45) is 5.92 Å². The Labute approximate surface area is 126 Å². The number of aliphatic hydroxyl groups is 1. The number of amides is 2. The lowest BCUT2D eigenvalue weighted by atomic mass is 10.2. The number of aliphatic hydroxyl groups excluding tert-OH is 1. The van der Waals surface area contributed by atoms with Crippen molar-refractivity contribution in [2.75, 3.05) is 31.6 Å². The Kier molecular flexibility index (Phi) is 7.32. The molecule has 21 heavy (non-hydrogen) atoms. The van der Waals surface area contributed by atoms with Gasteiger partial charge in [-0.2, -0.15) is 0 Å². The highest BCUT2D eigenvalue weighted by Gasteiger charge is 2.14. The third kappa shape index (κ3) is 5.87. The predicted octanol–water partition coefficient (Wildman–Crippen LogP) is 2.73. The second kappa shape index (κ2) is 9.02. The number of para-hydroxylation sites is 2. The number of anilines is 1. The molecule has 0 radical (unpaired) electrons. The zero-order valence-electron chi connectivity index (χ0n) is 12.7. The highest BCUT2D eigenvalue weighted by atomic mass is 16.5. The first kappa shape index (κ1) is 17.0. The Morgan fingerprint density at radius 1 is 1.48 bits per heavy atom. The predicted molar refractivity (Wildman–Crippen MR) is 84.6 cm³/mol. The number of hydrogen-bond acceptors (Lipinski definition) is 3. The number of urea groups is 1. The van der Waals surface area contributed by atoms with Crippen LogP contribution in [0.4, 0.5) is 10.5 Å². The minimum atomic E-state index is -0.287. The summed E-state index contributed by atoms with van der Waals surface area (Å²) in [6.45, 7) is 8.86. The van der Waals surface area contributed by atoms with Crippen LogP contribution in [-0.2, 0) is 0 Å². The number of ether oxygens (including phenoxy) is 1. The molecule has 0 saturated carbocycles. The number of rotatable bonds is 8. The van der Waals surface area contributed by atoms with Crippen molar-refractivity contribution in [1.82, 2.24) is 4.90 Å². The minimum Gasteiger partial charge on any atom is -0.491 e. The Balaban J connectivity index is 2.76. The van der Waals surface area contributed by atoms with E-state index in [1.54, 1.807) is 12.1 Å². The molecule has 0 unspecified atom stereocenters. The van der Waals surface area contributed by atoms with Crippen LogP contribution in [0.15, 0.2) is 36.9 Å². The van der Waals surface area contributed by atoms with E-state index in [2.05, 4.69) is 25.7 Å². The summed E-state index contributed by atoms with van der Waals surface area (Å²) >= 11 is 0. The number of nitrogens with one attached hydrogen (secondary N) is 1. The van der Waals surface area contributed by atoms with Crippen LogP contribution in [0.3, 0.4) is 0 Å². The number of hydrogen-bond donors (Lipinski definition) is 2. The highest BCUT2D eigenvalue weighted by molar-refractivity contribution is 5.91. The summed E-state index contributed by atoms with van der Waals surface area (Å²) in [4.78, 5) is 13.7. The molecular formula is C16H24N2O3. The van der Waals surface area contributed by atoms with Gasteiger partial charge in [0.05, 0.1) is 18.9 Å². The lowest BCUT2D eigenvalue weighted by Gasteiger charge is -2.21. The molecule has 116 valence electrons. The van der Waals surface area contributed by atoms with E-state index >= 15 is 0 Å². The molecule has 5 heteroatoms. The fourth-order valence-electron chi connectivity index (χ4n) is 1.70. The largest absolute Gasteiger partial charge is 0.491 e. The van der Waals surface area contributed by atoms with E-state index in [1.165, 1.54) is 4.90 Å². The van der Waals surface area contributed by atoms with Crippen LogP contribution in [0.25, 0.3) is 0 Å². The standard InChI is InChI=1S/C16H24N2O3/c1-4-9-18(10-11-19)16(20)17-14-7-5-6-8-15(14)21-12-13(2)3/h4-8,13,19H,1,9-12H2,2-3H3,(H,17,20). The molecule has 1 aromatic carbocycles. The molecule has 5 nitrogen and oxygen atoms in total. The topological polar surface area (TPSA) is 61.8 Å². The zero-order valence-corrected chi connectivity index (χ0v) is 12.7. The van der Waals surface area contributed by atoms with Gasteiger partial charge in [-0.1, -0.05) is 32.1 Å². The van der Waals surface area contributed by atoms with Gasteiger partial charge < -0.3 is 20.1 Å². The van der Waals surface area contributed by atoms with E-state index in [9.17, 15) is 4.79 Å². The summed E-state index contributed by atoms with van der Waals surface area (Å²) in [5.74, 6) is 1.04. The van der Waals surface area contributed by atoms with Gasteiger partial charge in [-0.15, -0.1) is 6.58 Å². The lowest BCUT2D eigenvalue weighted by molar-refractivity contribution is 0.195. The number of carbonyl (C=O) groups excluding carboxylic acids is 1. The van der Waals surface area contributed by atoms with Crippen LogP contribution in [0.1, 0.15) is 13.8 Å². The first-order valence-electron chi connectivity index (χ1n) is 7.08. The molecule has 0 atom stereocenters. The normalized spacial score (nSPS) is 10.3. The summed E-state index contributed by atoms with van der Waals surface area (Å²) in [5, 5.41) is 11.8. The van der Waals surface area contributed by atoms with Gasteiger partial charge in [-0.25, -0.2) is 4.79 Å². The van der Waals surface area contributed by atoms with Gasteiger partial charge in [-0.05, 0) is 18.1 Å². The van der Waals surface area contributed by atoms with Crippen molar-refractivity contribution in [2.45, 2.75) is 13.8 Å². The molecule has 0 saturated heterocycles. The monoisotopic (exact) mass is 292 g/mol. The summed E-state index contributed by atoms with van der Waals surface area (Å²) in [5.41, 5.74) is 0.621. The summed E-state index contributed by atoms with van der Waals surface area (Å²) in [6.07, 6.45) is 1.62. The number of carbonyl (C=O) groups is 1. The molecule has 0 fully saturated rings. The third-order valence-electron chi connectivity index (χ3n) is 2.71. The van der Waals surface area contributed by atoms with E-state index in [-0.39, 0.29) is 19.2 Å². The maximum absolute atomic E-state index is 12.2. The molecule has 1 aromatic rings. The van der Waals surface area contributed by atoms with Crippen molar-refractivity contribution in [1.29, 1.82) is 0 Å². The van der Waals surface area contributed by atoms with Crippen LogP contribution in [-0.4, -0.2) is 42.3 Å². The molecule has 1 rings (SSSR count). The van der Waals surface area contributed by atoms with Crippen LogP contribution < -0.4 is 10.1 Å². The average molecular weight is 292 g/mol. The molecule has 0 aliphatic carbocycles. The maximum Gasteiger partial charge on any atom is 0.322 e. The SMILES string of the molecule is C=CCN(CCO)C(=O)Nc1ccccc1OCC(C)C. The van der Waals surface area contributed by atoms with E-state index < -0.39 is 0 Å². The molecule has 2 N–H and O–H groups in total. The van der Waals surface area contributed by atoms with Gasteiger partial charge in [0.2, 0.25) is 0 Å². The summed E-state index contributed by atoms with van der Waals surface area (Å²) in [7, 11) is 0. The van der Waals surface area contributed by atoms with Crippen LogP contribution in [0, 0.1) is 5.92 Å². The molecule has 2 amide bonds. The van der Waals surface area contributed by atoms with E-state index in [0.717, 1.165) is 0 Å². The second-order valence-corrected chi connectivity index (χ2v) is 5.09. The number of nitrogens with zero attached hydrogens (tertiary/aromatic N) is 1. The first-order valence-corrected chi connectivity index (χ1v) is 7.08. The molecule has 0 aliphatic heterocycles. The van der Waals surface area contributed by atoms with Gasteiger partial charge in [-0.3, -0.25) is 0 Å². The average Bonchev–Trinajstić information content (AvgIpc) is 2.46. The van der Waals surface area contributed by atoms with Gasteiger partial charge in [0.1, 0.15) is 5.75 Å². The van der Waals surface area contributed by atoms with Crippen molar-refractivity contribution in [3.05, 3.63) is 36.9 Å². The Morgan fingerprint density at radius 3 is 2.81 bits per heavy atom. The molecule has 0 spiro atoms. The molecule has 0 bridgehead atoms. The minimum absolute atomic E-state index is 0.0905. The molecule has 0 heterocycles. The van der Waals surface area contributed by atoms with Crippen molar-refractivity contribution in [3.63, 3.8) is 0 Å². The van der Waals surface area contributed by atoms with E-state index in [4.69, 9.17) is 9.84 Å². The van der Waals surface area contributed by atoms with Crippen LogP contribution in [0.5, 0.6) is 5.75 Å². The van der Waals surface area contributed by atoms with Crippen molar-refractivity contribution in [3.8, 4) is 5.75 Å². The van der Waals surface area contributed by atoms with Crippen molar-refractivity contribution < 1.29 is 14.6 Å². The van der Waals surface area contributed by atoms with Crippen LogP contribution >= 0.6 is 0 Å². The first-order chi connectivity index (χ1) is 10.1. The molecular weight excluding hydrogens is 268 g/mol. The van der Waals surface area contributed by atoms with Gasteiger partial charge in [0.15, 0.2) is 0 Å². The summed E-state index contributed by atoms with van der Waals surface area (Å²) in [6, 6.07) is 7.02. The molecule has 0 aliphatic rings. The summed E-state index contributed by atoms with van der Waals surface area (Å²) < 4.78 is 5.70. The Bertz CT molecular complexity index is 461. The second-order valence-electron chi connectivity index (χ2n) is 5.09. The fraction of sp³-hybridized carbons (Fsp3) is 0.438. The highest BCUT2D eigenvalue weighted by Crippen LogP contribution is 2.24.